The van der Waals surface area contributed by atoms with Crippen molar-refractivity contribution in [3.8, 4) is 45.3 Å². The molecule has 0 radical (unpaired) electrons. The third-order valence-electron chi connectivity index (χ3n) is 9.51. The standard InChI is InChI=1S/C45H27N3O/c1-3-13-28(14-4-1)30-17-11-18-31(27-30)44-46-43(29-15-5-2-6-16-29)47-45(48-44)39-24-12-23-37-38-26-25-36-34-21-8-7-19-32(34)33-20-9-10-22-35(33)40(36)42(38)49-41(37)39/h1-27H. The number of fused-ring (bicyclic) bond motifs is 10. The van der Waals surface area contributed by atoms with Crippen molar-refractivity contribution < 1.29 is 4.42 Å². The lowest BCUT2D eigenvalue weighted by atomic mass is 9.93. The van der Waals surface area contributed by atoms with Crippen molar-refractivity contribution in [1.82, 2.24) is 15.0 Å². The van der Waals surface area contributed by atoms with Gasteiger partial charge < -0.3 is 4.42 Å². The first-order valence-corrected chi connectivity index (χ1v) is 16.5. The van der Waals surface area contributed by atoms with E-state index in [0.29, 0.717) is 17.5 Å². The Morgan fingerprint density at radius 1 is 0.306 bits per heavy atom. The molecule has 49 heavy (non-hydrogen) atoms. The van der Waals surface area contributed by atoms with E-state index in [2.05, 4.69) is 127 Å². The second-order valence-corrected chi connectivity index (χ2v) is 12.4. The van der Waals surface area contributed by atoms with E-state index < -0.39 is 0 Å². The van der Waals surface area contributed by atoms with E-state index >= 15 is 0 Å². The van der Waals surface area contributed by atoms with Gasteiger partial charge in [-0.15, -0.1) is 0 Å². The molecule has 10 rings (SSSR count). The Morgan fingerprint density at radius 3 is 1.51 bits per heavy atom. The predicted octanol–water partition coefficient (Wildman–Crippen LogP) is 11.9. The molecule has 0 aliphatic heterocycles. The number of aromatic nitrogens is 3. The largest absolute Gasteiger partial charge is 0.455 e. The third-order valence-corrected chi connectivity index (χ3v) is 9.51. The summed E-state index contributed by atoms with van der Waals surface area (Å²) in [5, 5.41) is 9.23. The highest BCUT2D eigenvalue weighted by Crippen LogP contribution is 2.43. The molecule has 2 aromatic heterocycles. The SMILES string of the molecule is c1ccc(-c2cccc(-c3nc(-c4ccccc4)nc(-c4cccc5c4oc4c5ccc5c6ccccc6c6ccccc6c54)n3)c2)cc1. The summed E-state index contributed by atoms with van der Waals surface area (Å²) in [5.74, 6) is 1.79. The zero-order valence-corrected chi connectivity index (χ0v) is 26.3. The minimum atomic E-state index is 0.568. The van der Waals surface area contributed by atoms with Crippen molar-refractivity contribution in [3.63, 3.8) is 0 Å². The zero-order valence-electron chi connectivity index (χ0n) is 26.3. The monoisotopic (exact) mass is 625 g/mol. The van der Waals surface area contributed by atoms with Gasteiger partial charge in [0, 0.05) is 27.3 Å². The summed E-state index contributed by atoms with van der Waals surface area (Å²) in [6.07, 6.45) is 0. The van der Waals surface area contributed by atoms with Gasteiger partial charge in [0.05, 0.1) is 5.56 Å². The summed E-state index contributed by atoms with van der Waals surface area (Å²) >= 11 is 0. The smallest absolute Gasteiger partial charge is 0.167 e. The first-order valence-electron chi connectivity index (χ1n) is 16.5. The molecule has 0 saturated heterocycles. The highest BCUT2D eigenvalue weighted by atomic mass is 16.3. The molecule has 0 aliphatic carbocycles. The zero-order chi connectivity index (χ0) is 32.3. The molecule has 0 aliphatic rings. The van der Waals surface area contributed by atoms with E-state index in [1.807, 2.05) is 36.4 Å². The number of furan rings is 1. The van der Waals surface area contributed by atoms with Gasteiger partial charge in [-0.3, -0.25) is 0 Å². The number of para-hydroxylation sites is 1. The van der Waals surface area contributed by atoms with Gasteiger partial charge in [-0.05, 0) is 56.3 Å². The molecule has 10 aromatic rings. The molecule has 0 N–H and O–H groups in total. The van der Waals surface area contributed by atoms with E-state index in [0.717, 1.165) is 55.1 Å². The van der Waals surface area contributed by atoms with Gasteiger partial charge in [-0.25, -0.2) is 15.0 Å². The predicted molar refractivity (Wildman–Crippen MR) is 201 cm³/mol. The van der Waals surface area contributed by atoms with Crippen molar-refractivity contribution in [2.24, 2.45) is 0 Å². The molecule has 8 aromatic carbocycles. The van der Waals surface area contributed by atoms with E-state index in [1.165, 1.54) is 26.9 Å². The second-order valence-electron chi connectivity index (χ2n) is 12.4. The molecule has 0 spiro atoms. The van der Waals surface area contributed by atoms with Gasteiger partial charge in [0.2, 0.25) is 0 Å². The molecule has 0 bridgehead atoms. The Labute approximate surface area is 282 Å². The minimum Gasteiger partial charge on any atom is -0.455 e. The molecular weight excluding hydrogens is 599 g/mol. The fourth-order valence-corrected chi connectivity index (χ4v) is 7.23. The third kappa shape index (κ3) is 4.42. The number of hydrogen-bond donors (Lipinski definition) is 0. The van der Waals surface area contributed by atoms with Crippen molar-refractivity contribution in [2.45, 2.75) is 0 Å². The highest BCUT2D eigenvalue weighted by molar-refractivity contribution is 6.32. The van der Waals surface area contributed by atoms with Crippen LogP contribution in [0.2, 0.25) is 0 Å². The molecule has 0 unspecified atom stereocenters. The van der Waals surface area contributed by atoms with Crippen molar-refractivity contribution >= 4 is 54.3 Å². The van der Waals surface area contributed by atoms with Crippen LogP contribution in [0.1, 0.15) is 0 Å². The van der Waals surface area contributed by atoms with E-state index in [1.54, 1.807) is 0 Å². The van der Waals surface area contributed by atoms with Crippen LogP contribution in [0.3, 0.4) is 0 Å². The Kier molecular flexibility index (Phi) is 6.15. The second kappa shape index (κ2) is 11.0. The summed E-state index contributed by atoms with van der Waals surface area (Å²) in [5.41, 5.74) is 6.54. The maximum atomic E-state index is 6.98. The van der Waals surface area contributed by atoms with Crippen LogP contribution >= 0.6 is 0 Å². The van der Waals surface area contributed by atoms with Crippen LogP contribution in [0.15, 0.2) is 168 Å². The van der Waals surface area contributed by atoms with Crippen molar-refractivity contribution in [3.05, 3.63) is 164 Å². The summed E-state index contributed by atoms with van der Waals surface area (Å²) < 4.78 is 6.98. The first-order chi connectivity index (χ1) is 24.3. The van der Waals surface area contributed by atoms with Crippen LogP contribution in [0.25, 0.3) is 99.5 Å². The van der Waals surface area contributed by atoms with E-state index in [4.69, 9.17) is 19.4 Å². The number of rotatable bonds is 4. The average molecular weight is 626 g/mol. The number of nitrogens with zero attached hydrogens (tertiary/aromatic N) is 3. The summed E-state index contributed by atoms with van der Waals surface area (Å²) in [4.78, 5) is 15.2. The highest BCUT2D eigenvalue weighted by Gasteiger charge is 2.20. The molecular formula is C45H27N3O. The van der Waals surface area contributed by atoms with Gasteiger partial charge in [-0.2, -0.15) is 0 Å². The lowest BCUT2D eigenvalue weighted by Crippen LogP contribution is -2.00. The molecule has 0 fully saturated rings. The quantitative estimate of drug-likeness (QED) is 0.183. The molecule has 4 heteroatoms. The van der Waals surface area contributed by atoms with Crippen LogP contribution in [-0.4, -0.2) is 15.0 Å². The van der Waals surface area contributed by atoms with Gasteiger partial charge >= 0.3 is 0 Å². The molecule has 4 nitrogen and oxygen atoms in total. The number of benzene rings is 8. The van der Waals surface area contributed by atoms with Gasteiger partial charge in [0.25, 0.3) is 0 Å². The van der Waals surface area contributed by atoms with E-state index in [9.17, 15) is 0 Å². The minimum absolute atomic E-state index is 0.568. The van der Waals surface area contributed by atoms with E-state index in [-0.39, 0.29) is 0 Å². The molecule has 228 valence electrons. The Balaban J connectivity index is 1.24. The van der Waals surface area contributed by atoms with Gasteiger partial charge in [0.1, 0.15) is 11.2 Å². The molecule has 0 saturated carbocycles. The Morgan fingerprint density at radius 2 is 0.776 bits per heavy atom. The lowest BCUT2D eigenvalue weighted by Gasteiger charge is -2.10. The van der Waals surface area contributed by atoms with Crippen LogP contribution in [0.4, 0.5) is 0 Å². The lowest BCUT2D eigenvalue weighted by molar-refractivity contribution is 0.673. The van der Waals surface area contributed by atoms with Crippen LogP contribution in [0.5, 0.6) is 0 Å². The van der Waals surface area contributed by atoms with Crippen LogP contribution in [0, 0.1) is 0 Å². The van der Waals surface area contributed by atoms with Crippen molar-refractivity contribution in [2.75, 3.05) is 0 Å². The first kappa shape index (κ1) is 27.5. The maximum absolute atomic E-state index is 6.98. The van der Waals surface area contributed by atoms with Crippen LogP contribution < -0.4 is 0 Å². The topological polar surface area (TPSA) is 51.8 Å². The summed E-state index contributed by atoms with van der Waals surface area (Å²) in [6.45, 7) is 0. The molecule has 0 atom stereocenters. The van der Waals surface area contributed by atoms with Gasteiger partial charge in [0.15, 0.2) is 17.5 Å². The van der Waals surface area contributed by atoms with Crippen LogP contribution in [-0.2, 0) is 0 Å². The number of hydrogen-bond acceptors (Lipinski definition) is 4. The molecule has 2 heterocycles. The summed E-state index contributed by atoms with van der Waals surface area (Å²) in [7, 11) is 0. The summed E-state index contributed by atoms with van der Waals surface area (Å²) in [6, 6.07) is 56.8. The van der Waals surface area contributed by atoms with Crippen molar-refractivity contribution in [1.29, 1.82) is 0 Å². The Bertz CT molecular complexity index is 2840. The fraction of sp³-hybridized carbons (Fsp3) is 0. The fourth-order valence-electron chi connectivity index (χ4n) is 7.23. The molecule has 0 amide bonds. The maximum Gasteiger partial charge on any atom is 0.167 e. The van der Waals surface area contributed by atoms with Gasteiger partial charge in [-0.1, -0.05) is 146 Å². The average Bonchev–Trinajstić information content (AvgIpc) is 3.58. The normalized spacial score (nSPS) is 11.7. The Hall–Kier alpha value is -6.65.